The van der Waals surface area contributed by atoms with E-state index in [0.29, 0.717) is 6.54 Å². The van der Waals surface area contributed by atoms with Crippen molar-refractivity contribution in [2.75, 3.05) is 5.32 Å². The van der Waals surface area contributed by atoms with Crippen LogP contribution in [0.25, 0.3) is 0 Å². The largest absolute Gasteiger partial charge is 0.378 e. The third kappa shape index (κ3) is 2.82. The predicted octanol–water partition coefficient (Wildman–Crippen LogP) is 2.91. The normalized spacial score (nSPS) is 10.1. The van der Waals surface area contributed by atoms with Crippen molar-refractivity contribution in [3.63, 3.8) is 0 Å². The van der Waals surface area contributed by atoms with Gasteiger partial charge in [0.2, 0.25) is 0 Å². The molecule has 0 fully saturated rings. The van der Waals surface area contributed by atoms with Gasteiger partial charge in [-0.2, -0.15) is 0 Å². The molecule has 5 heteroatoms. The Labute approximate surface area is 105 Å². The maximum absolute atomic E-state index is 10.5. The highest BCUT2D eigenvalue weighted by atomic mass is 16.6. The van der Waals surface area contributed by atoms with Gasteiger partial charge in [0.15, 0.2) is 6.20 Å². The Kier molecular flexibility index (Phi) is 3.52. The summed E-state index contributed by atoms with van der Waals surface area (Å²) >= 11 is 0. The Balaban J connectivity index is 2.02. The summed E-state index contributed by atoms with van der Waals surface area (Å²) in [6, 6.07) is 11.1. The number of anilines is 1. The highest BCUT2D eigenvalue weighted by Crippen LogP contribution is 2.14. The predicted molar refractivity (Wildman–Crippen MR) is 69.4 cm³/mol. The first-order chi connectivity index (χ1) is 8.66. The van der Waals surface area contributed by atoms with Crippen molar-refractivity contribution in [2.24, 2.45) is 0 Å². The first-order valence-corrected chi connectivity index (χ1v) is 5.55. The van der Waals surface area contributed by atoms with Gasteiger partial charge in [-0.15, -0.1) is 0 Å². The third-order valence-corrected chi connectivity index (χ3v) is 2.68. The molecular weight excluding hydrogens is 230 g/mol. The molecule has 0 atom stereocenters. The summed E-state index contributed by atoms with van der Waals surface area (Å²) in [5, 5.41) is 13.6. The number of hydrogen-bond acceptors (Lipinski definition) is 4. The summed E-state index contributed by atoms with van der Waals surface area (Å²) < 4.78 is 0. The number of rotatable bonds is 4. The molecule has 0 unspecified atom stereocenters. The zero-order valence-electron chi connectivity index (χ0n) is 9.96. The second-order valence-electron chi connectivity index (χ2n) is 3.94. The first-order valence-electron chi connectivity index (χ1n) is 5.55. The zero-order chi connectivity index (χ0) is 13.0. The second kappa shape index (κ2) is 5.27. The van der Waals surface area contributed by atoms with Crippen molar-refractivity contribution in [1.29, 1.82) is 0 Å². The van der Waals surface area contributed by atoms with Gasteiger partial charge in [0.1, 0.15) is 0 Å². The Morgan fingerprint density at radius 2 is 2.06 bits per heavy atom. The number of benzene rings is 1. The van der Waals surface area contributed by atoms with E-state index in [1.54, 1.807) is 6.07 Å². The molecule has 0 spiro atoms. The molecule has 2 rings (SSSR count). The highest BCUT2D eigenvalue weighted by molar-refractivity contribution is 5.44. The molecule has 1 aromatic carbocycles. The van der Waals surface area contributed by atoms with E-state index in [9.17, 15) is 10.1 Å². The average Bonchev–Trinajstić information content (AvgIpc) is 2.38. The fourth-order valence-corrected chi connectivity index (χ4v) is 1.60. The minimum absolute atomic E-state index is 0.142. The molecule has 92 valence electrons. The summed E-state index contributed by atoms with van der Waals surface area (Å²) in [6.45, 7) is 2.72. The number of nitro groups is 1. The van der Waals surface area contributed by atoms with E-state index < -0.39 is 4.92 Å². The molecule has 0 saturated carbocycles. The smallest absolute Gasteiger partial charge is 0.363 e. The Hall–Kier alpha value is -2.43. The molecule has 1 heterocycles. The molecule has 0 amide bonds. The summed E-state index contributed by atoms with van der Waals surface area (Å²) in [5.41, 5.74) is 3.17. The SMILES string of the molecule is Cc1ccccc1CNc1ccc([N+](=O)[O-])nc1. The van der Waals surface area contributed by atoms with Crippen molar-refractivity contribution in [3.05, 3.63) is 63.8 Å². The fraction of sp³-hybridized carbons (Fsp3) is 0.154. The maximum Gasteiger partial charge on any atom is 0.363 e. The molecular formula is C13H13N3O2. The Morgan fingerprint density at radius 1 is 1.28 bits per heavy atom. The van der Waals surface area contributed by atoms with Crippen LogP contribution < -0.4 is 5.32 Å². The topological polar surface area (TPSA) is 68.1 Å². The third-order valence-electron chi connectivity index (χ3n) is 2.68. The van der Waals surface area contributed by atoms with Crippen LogP contribution in [0.2, 0.25) is 0 Å². The lowest BCUT2D eigenvalue weighted by molar-refractivity contribution is -0.389. The van der Waals surface area contributed by atoms with Crippen molar-refractivity contribution in [3.8, 4) is 0 Å². The molecule has 2 aromatic rings. The van der Waals surface area contributed by atoms with E-state index in [0.717, 1.165) is 5.69 Å². The monoisotopic (exact) mass is 243 g/mol. The van der Waals surface area contributed by atoms with Gasteiger partial charge in [-0.1, -0.05) is 24.3 Å². The van der Waals surface area contributed by atoms with Gasteiger partial charge in [-0.25, -0.2) is 0 Å². The van der Waals surface area contributed by atoms with E-state index in [-0.39, 0.29) is 5.82 Å². The lowest BCUT2D eigenvalue weighted by atomic mass is 10.1. The molecule has 0 aliphatic heterocycles. The first kappa shape index (κ1) is 12.0. The average molecular weight is 243 g/mol. The van der Waals surface area contributed by atoms with Gasteiger partial charge in [0, 0.05) is 12.6 Å². The Bertz CT molecular complexity index is 552. The van der Waals surface area contributed by atoms with E-state index in [1.807, 2.05) is 31.2 Å². The molecule has 0 radical (unpaired) electrons. The number of aromatic nitrogens is 1. The molecule has 1 N–H and O–H groups in total. The van der Waals surface area contributed by atoms with Gasteiger partial charge in [-0.05, 0) is 34.0 Å². The van der Waals surface area contributed by atoms with Crippen LogP contribution in [0.15, 0.2) is 42.6 Å². The van der Waals surface area contributed by atoms with Gasteiger partial charge < -0.3 is 15.4 Å². The highest BCUT2D eigenvalue weighted by Gasteiger charge is 2.06. The number of nitrogens with one attached hydrogen (secondary N) is 1. The molecule has 0 bridgehead atoms. The quantitative estimate of drug-likeness (QED) is 0.662. The number of pyridine rings is 1. The lowest BCUT2D eigenvalue weighted by Gasteiger charge is -2.07. The van der Waals surface area contributed by atoms with E-state index in [4.69, 9.17) is 0 Å². The second-order valence-corrected chi connectivity index (χ2v) is 3.94. The van der Waals surface area contributed by atoms with Crippen molar-refractivity contribution in [1.82, 2.24) is 4.98 Å². The lowest BCUT2D eigenvalue weighted by Crippen LogP contribution is -2.02. The van der Waals surface area contributed by atoms with Crippen LogP contribution in [0.1, 0.15) is 11.1 Å². The van der Waals surface area contributed by atoms with Gasteiger partial charge in [0.25, 0.3) is 0 Å². The number of nitrogens with zero attached hydrogens (tertiary/aromatic N) is 2. The number of hydrogen-bond donors (Lipinski definition) is 1. The standard InChI is InChI=1S/C13H13N3O2/c1-10-4-2-3-5-11(10)8-14-12-6-7-13(15-9-12)16(17)18/h2-7,9,14H,8H2,1H3. The zero-order valence-corrected chi connectivity index (χ0v) is 9.96. The summed E-state index contributed by atoms with van der Waals surface area (Å²) in [4.78, 5) is 13.7. The molecule has 0 saturated heterocycles. The van der Waals surface area contributed by atoms with Crippen molar-refractivity contribution in [2.45, 2.75) is 13.5 Å². The fourth-order valence-electron chi connectivity index (χ4n) is 1.60. The molecule has 5 nitrogen and oxygen atoms in total. The Morgan fingerprint density at radius 3 is 2.67 bits per heavy atom. The van der Waals surface area contributed by atoms with Crippen LogP contribution in [0.5, 0.6) is 0 Å². The van der Waals surface area contributed by atoms with Gasteiger partial charge >= 0.3 is 5.82 Å². The van der Waals surface area contributed by atoms with Crippen LogP contribution in [-0.4, -0.2) is 9.91 Å². The minimum atomic E-state index is -0.509. The van der Waals surface area contributed by atoms with Crippen LogP contribution >= 0.6 is 0 Å². The van der Waals surface area contributed by atoms with Crippen LogP contribution in [0.4, 0.5) is 11.5 Å². The van der Waals surface area contributed by atoms with Gasteiger partial charge in [0.05, 0.1) is 5.69 Å². The van der Waals surface area contributed by atoms with Crippen LogP contribution in [0, 0.1) is 17.0 Å². The minimum Gasteiger partial charge on any atom is -0.378 e. The summed E-state index contributed by atoms with van der Waals surface area (Å²) in [7, 11) is 0. The molecule has 0 aliphatic rings. The van der Waals surface area contributed by atoms with Crippen molar-refractivity contribution >= 4 is 11.5 Å². The molecule has 18 heavy (non-hydrogen) atoms. The van der Waals surface area contributed by atoms with E-state index in [2.05, 4.69) is 10.3 Å². The van der Waals surface area contributed by atoms with E-state index >= 15 is 0 Å². The van der Waals surface area contributed by atoms with E-state index in [1.165, 1.54) is 23.4 Å². The van der Waals surface area contributed by atoms with Crippen LogP contribution in [0.3, 0.4) is 0 Å². The molecule has 1 aromatic heterocycles. The summed E-state index contributed by atoms with van der Waals surface area (Å²) in [6.07, 6.45) is 1.47. The van der Waals surface area contributed by atoms with Gasteiger partial charge in [-0.3, -0.25) is 0 Å². The number of aryl methyl sites for hydroxylation is 1. The maximum atomic E-state index is 10.5. The molecule has 0 aliphatic carbocycles. The van der Waals surface area contributed by atoms with Crippen molar-refractivity contribution < 1.29 is 4.92 Å². The summed E-state index contributed by atoms with van der Waals surface area (Å²) in [5.74, 6) is -0.142. The van der Waals surface area contributed by atoms with Crippen LogP contribution in [-0.2, 0) is 6.54 Å².